The van der Waals surface area contributed by atoms with Crippen LogP contribution >= 0.6 is 0 Å². The van der Waals surface area contributed by atoms with Gasteiger partial charge in [-0.25, -0.2) is 0 Å². The van der Waals surface area contributed by atoms with E-state index in [2.05, 4.69) is 93.7 Å². The average molecular weight is 1050 g/mol. The van der Waals surface area contributed by atoms with E-state index in [4.69, 9.17) is 14.2 Å². The molecule has 0 saturated carbocycles. The number of carbonyl (C=O) groups excluding carboxylic acids is 3. The Morgan fingerprint density at radius 1 is 0.280 bits per heavy atom. The van der Waals surface area contributed by atoms with Crippen LogP contribution in [0.4, 0.5) is 0 Å². The largest absolute Gasteiger partial charge is 0.462 e. The lowest BCUT2D eigenvalue weighted by molar-refractivity contribution is -0.167. The number of esters is 3. The van der Waals surface area contributed by atoms with Crippen molar-refractivity contribution in [3.63, 3.8) is 0 Å². The van der Waals surface area contributed by atoms with Crippen molar-refractivity contribution in [2.45, 2.75) is 335 Å². The number of hydrogen-bond acceptors (Lipinski definition) is 6. The molecule has 0 radical (unpaired) electrons. The molecule has 0 rings (SSSR count). The van der Waals surface area contributed by atoms with Crippen molar-refractivity contribution in [3.05, 3.63) is 72.9 Å². The highest BCUT2D eigenvalue weighted by molar-refractivity contribution is 5.71. The van der Waals surface area contributed by atoms with Gasteiger partial charge in [-0.1, -0.05) is 293 Å². The minimum atomic E-state index is -0.774. The zero-order chi connectivity index (χ0) is 54.3. The molecular formula is C69H122O6. The Morgan fingerprint density at radius 2 is 0.520 bits per heavy atom. The van der Waals surface area contributed by atoms with Crippen molar-refractivity contribution >= 4 is 17.9 Å². The molecule has 0 aliphatic carbocycles. The van der Waals surface area contributed by atoms with Crippen LogP contribution in [0.2, 0.25) is 0 Å². The van der Waals surface area contributed by atoms with Gasteiger partial charge in [0.2, 0.25) is 0 Å². The first kappa shape index (κ1) is 71.8. The van der Waals surface area contributed by atoms with Gasteiger partial charge in [0.05, 0.1) is 0 Å². The number of carbonyl (C=O) groups is 3. The summed E-state index contributed by atoms with van der Waals surface area (Å²) >= 11 is 0. The van der Waals surface area contributed by atoms with E-state index >= 15 is 0 Å². The van der Waals surface area contributed by atoms with E-state index in [-0.39, 0.29) is 31.1 Å². The molecule has 0 spiro atoms. The van der Waals surface area contributed by atoms with Crippen molar-refractivity contribution in [3.8, 4) is 0 Å². The maximum absolute atomic E-state index is 12.9. The molecule has 0 aromatic heterocycles. The first-order valence-corrected chi connectivity index (χ1v) is 32.4. The minimum Gasteiger partial charge on any atom is -0.462 e. The molecule has 0 amide bonds. The number of unbranched alkanes of at least 4 members (excludes halogenated alkanes) is 36. The van der Waals surface area contributed by atoms with Crippen LogP contribution in [0.15, 0.2) is 72.9 Å². The lowest BCUT2D eigenvalue weighted by Crippen LogP contribution is -2.30. The van der Waals surface area contributed by atoms with Crippen molar-refractivity contribution in [1.82, 2.24) is 0 Å². The molecule has 6 nitrogen and oxygen atoms in total. The maximum atomic E-state index is 12.9. The van der Waals surface area contributed by atoms with Crippen molar-refractivity contribution in [2.24, 2.45) is 0 Å². The first-order chi connectivity index (χ1) is 37.0. The average Bonchev–Trinajstić information content (AvgIpc) is 3.41. The molecule has 0 aliphatic heterocycles. The third kappa shape index (κ3) is 61.6. The fraction of sp³-hybridized carbons (Fsp3) is 0.783. The van der Waals surface area contributed by atoms with Gasteiger partial charge in [-0.15, -0.1) is 0 Å². The van der Waals surface area contributed by atoms with E-state index in [0.29, 0.717) is 19.3 Å². The topological polar surface area (TPSA) is 78.9 Å². The Kier molecular flexibility index (Phi) is 60.7. The third-order valence-corrected chi connectivity index (χ3v) is 14.2. The Bertz CT molecular complexity index is 1390. The fourth-order valence-electron chi connectivity index (χ4n) is 9.35. The molecular weight excluding hydrogens is 925 g/mol. The smallest absolute Gasteiger partial charge is 0.306 e. The van der Waals surface area contributed by atoms with Crippen LogP contribution in [0.5, 0.6) is 0 Å². The maximum Gasteiger partial charge on any atom is 0.306 e. The standard InChI is InChI=1S/C69H122O6/c1-4-7-10-13-16-19-21-23-25-27-28-29-30-31-32-33-34-35-36-37-38-39-40-42-43-45-47-50-53-56-59-62-68(71)74-65-66(64-73-67(70)61-58-55-52-49-18-15-12-9-6-3)75-69(72)63-60-57-54-51-48-46-44-41-26-24-22-20-17-14-11-8-5-2/h7,10,16,19,23-26,28-29,31-32,66H,4-6,8-9,11-15,17-18,20-22,27,30,33-65H2,1-3H3/b10-7-,19-16-,25-23-,26-24-,29-28-,32-31-. The highest BCUT2D eigenvalue weighted by Crippen LogP contribution is 2.17. The second kappa shape index (κ2) is 63.4. The highest BCUT2D eigenvalue weighted by atomic mass is 16.6. The molecule has 0 bridgehead atoms. The van der Waals surface area contributed by atoms with Crippen LogP contribution < -0.4 is 0 Å². The Balaban J connectivity index is 4.11. The van der Waals surface area contributed by atoms with Gasteiger partial charge in [-0.2, -0.15) is 0 Å². The predicted molar refractivity (Wildman–Crippen MR) is 325 cm³/mol. The lowest BCUT2D eigenvalue weighted by Gasteiger charge is -2.18. The van der Waals surface area contributed by atoms with E-state index < -0.39 is 6.10 Å². The molecule has 0 heterocycles. The zero-order valence-electron chi connectivity index (χ0n) is 49.8. The van der Waals surface area contributed by atoms with Gasteiger partial charge < -0.3 is 14.2 Å². The van der Waals surface area contributed by atoms with Crippen LogP contribution in [0, 0.1) is 0 Å². The summed E-state index contributed by atoms with van der Waals surface area (Å²) < 4.78 is 16.9. The molecule has 75 heavy (non-hydrogen) atoms. The minimum absolute atomic E-state index is 0.0724. The Hall–Kier alpha value is -3.15. The molecule has 1 unspecified atom stereocenters. The quantitative estimate of drug-likeness (QED) is 0.0261. The molecule has 0 saturated heterocycles. The predicted octanol–water partition coefficient (Wildman–Crippen LogP) is 22.1. The number of hydrogen-bond donors (Lipinski definition) is 0. The van der Waals surface area contributed by atoms with Crippen LogP contribution in [0.3, 0.4) is 0 Å². The van der Waals surface area contributed by atoms with Gasteiger partial charge in [0.1, 0.15) is 13.2 Å². The molecule has 1 atom stereocenters. The van der Waals surface area contributed by atoms with E-state index in [9.17, 15) is 14.4 Å². The second-order valence-corrected chi connectivity index (χ2v) is 21.6. The molecule has 0 aromatic carbocycles. The van der Waals surface area contributed by atoms with E-state index in [1.165, 1.54) is 199 Å². The second-order valence-electron chi connectivity index (χ2n) is 21.6. The summed E-state index contributed by atoms with van der Waals surface area (Å²) in [6, 6.07) is 0. The van der Waals surface area contributed by atoms with E-state index in [1.54, 1.807) is 0 Å². The first-order valence-electron chi connectivity index (χ1n) is 32.4. The monoisotopic (exact) mass is 1050 g/mol. The van der Waals surface area contributed by atoms with Gasteiger partial charge in [0.15, 0.2) is 6.10 Å². The van der Waals surface area contributed by atoms with Crippen LogP contribution in [0.1, 0.15) is 329 Å². The van der Waals surface area contributed by atoms with Crippen LogP contribution in [-0.4, -0.2) is 37.2 Å². The third-order valence-electron chi connectivity index (χ3n) is 14.2. The van der Waals surface area contributed by atoms with Crippen LogP contribution in [-0.2, 0) is 28.6 Å². The van der Waals surface area contributed by atoms with Crippen LogP contribution in [0.25, 0.3) is 0 Å². The summed E-state index contributed by atoms with van der Waals surface area (Å²) in [5.74, 6) is -0.864. The summed E-state index contributed by atoms with van der Waals surface area (Å²) in [4.78, 5) is 38.2. The van der Waals surface area contributed by atoms with Gasteiger partial charge in [-0.05, 0) is 89.9 Å². The number of rotatable bonds is 59. The highest BCUT2D eigenvalue weighted by Gasteiger charge is 2.19. The zero-order valence-corrected chi connectivity index (χ0v) is 49.8. The molecule has 434 valence electrons. The van der Waals surface area contributed by atoms with E-state index in [0.717, 1.165) is 89.9 Å². The normalized spacial score (nSPS) is 12.5. The summed E-state index contributed by atoms with van der Waals surface area (Å²) in [5, 5.41) is 0. The number of ether oxygens (including phenoxy) is 3. The molecule has 0 aliphatic rings. The SMILES string of the molecule is CC/C=C\C/C=C\C/C=C\C/C=C\C/C=C\CCCCCCCCCCCCCCCCCC(=O)OCC(COC(=O)CCCCCCCCCCC)OC(=O)CCCCCCCCC/C=C\CCCCCCCC. The van der Waals surface area contributed by atoms with Crippen molar-refractivity contribution in [1.29, 1.82) is 0 Å². The molecule has 6 heteroatoms. The van der Waals surface area contributed by atoms with Crippen molar-refractivity contribution < 1.29 is 28.6 Å². The Morgan fingerprint density at radius 3 is 0.827 bits per heavy atom. The summed E-state index contributed by atoms with van der Waals surface area (Å²) in [6.45, 7) is 6.53. The van der Waals surface area contributed by atoms with Gasteiger partial charge >= 0.3 is 17.9 Å². The lowest BCUT2D eigenvalue weighted by atomic mass is 10.0. The van der Waals surface area contributed by atoms with Crippen molar-refractivity contribution in [2.75, 3.05) is 13.2 Å². The summed E-state index contributed by atoms with van der Waals surface area (Å²) in [5.41, 5.74) is 0. The fourth-order valence-corrected chi connectivity index (χ4v) is 9.35. The summed E-state index contributed by atoms with van der Waals surface area (Å²) in [7, 11) is 0. The Labute approximate surface area is 465 Å². The van der Waals surface area contributed by atoms with Gasteiger partial charge in [0, 0.05) is 19.3 Å². The molecule has 0 N–H and O–H groups in total. The van der Waals surface area contributed by atoms with E-state index in [1.807, 2.05) is 0 Å². The van der Waals surface area contributed by atoms with Gasteiger partial charge in [0.25, 0.3) is 0 Å². The molecule has 0 aromatic rings. The summed E-state index contributed by atoms with van der Waals surface area (Å²) in [6.07, 6.45) is 82.1. The van der Waals surface area contributed by atoms with Gasteiger partial charge in [-0.3, -0.25) is 14.4 Å². The molecule has 0 fully saturated rings. The number of allylic oxidation sites excluding steroid dienone is 12.